The summed E-state index contributed by atoms with van der Waals surface area (Å²) in [6.45, 7) is 4.51. The van der Waals surface area contributed by atoms with Crippen molar-refractivity contribution in [3.63, 3.8) is 0 Å². The molecule has 2 aliphatic rings. The fourth-order valence-electron chi connectivity index (χ4n) is 4.00. The maximum Gasteiger partial charge on any atom is 0.273 e. The van der Waals surface area contributed by atoms with Gasteiger partial charge in [0.1, 0.15) is 17.1 Å². The summed E-state index contributed by atoms with van der Waals surface area (Å²) >= 11 is 0. The van der Waals surface area contributed by atoms with Crippen LogP contribution in [0.2, 0.25) is 0 Å². The van der Waals surface area contributed by atoms with E-state index in [0.717, 1.165) is 35.4 Å². The van der Waals surface area contributed by atoms with Gasteiger partial charge in [-0.1, -0.05) is 5.16 Å². The lowest BCUT2D eigenvalue weighted by atomic mass is 10.0. The lowest BCUT2D eigenvalue weighted by Gasteiger charge is -2.28. The standard InChI is InChI=1S/C23H27N5O4/c1-14-18(16-9-20(23(30)27(2)13-16)28-5-7-31-8-6-28)10-17(12-24-14)25-22(29)19-11-21(32-26-19)15-3-4-15/h9-13,15,22,25,29H,3-8H2,1-2H3. The van der Waals surface area contributed by atoms with E-state index in [-0.39, 0.29) is 5.56 Å². The molecule has 168 valence electrons. The van der Waals surface area contributed by atoms with Gasteiger partial charge in [-0.3, -0.25) is 9.78 Å². The number of hydrogen-bond acceptors (Lipinski definition) is 8. The fraction of sp³-hybridized carbons (Fsp3) is 0.435. The van der Waals surface area contributed by atoms with E-state index >= 15 is 0 Å². The second-order valence-electron chi connectivity index (χ2n) is 8.46. The summed E-state index contributed by atoms with van der Waals surface area (Å²) < 4.78 is 12.4. The molecule has 3 aromatic rings. The van der Waals surface area contributed by atoms with Gasteiger partial charge in [-0.05, 0) is 31.9 Å². The first-order chi connectivity index (χ1) is 15.5. The largest absolute Gasteiger partial charge is 0.378 e. The van der Waals surface area contributed by atoms with E-state index in [4.69, 9.17) is 9.26 Å². The Bertz CT molecular complexity index is 1180. The van der Waals surface area contributed by atoms with Gasteiger partial charge in [0.2, 0.25) is 0 Å². The van der Waals surface area contributed by atoms with Gasteiger partial charge < -0.3 is 29.2 Å². The molecule has 1 saturated heterocycles. The van der Waals surface area contributed by atoms with Crippen LogP contribution in [0.1, 0.15) is 42.1 Å². The summed E-state index contributed by atoms with van der Waals surface area (Å²) in [7, 11) is 1.76. The summed E-state index contributed by atoms with van der Waals surface area (Å²) in [6.07, 6.45) is 4.70. The molecule has 4 heterocycles. The fourth-order valence-corrected chi connectivity index (χ4v) is 4.00. The van der Waals surface area contributed by atoms with Crippen LogP contribution in [0.3, 0.4) is 0 Å². The second-order valence-corrected chi connectivity index (χ2v) is 8.46. The third-order valence-corrected chi connectivity index (χ3v) is 6.02. The number of rotatable bonds is 6. The van der Waals surface area contributed by atoms with Crippen molar-refractivity contribution < 1.29 is 14.4 Å². The first-order valence-corrected chi connectivity index (χ1v) is 10.9. The molecule has 0 bridgehead atoms. The number of pyridine rings is 2. The van der Waals surface area contributed by atoms with E-state index in [0.29, 0.717) is 49.3 Å². The van der Waals surface area contributed by atoms with Gasteiger partial charge in [-0.25, -0.2) is 0 Å². The molecule has 0 aromatic carbocycles. The first-order valence-electron chi connectivity index (χ1n) is 10.9. The summed E-state index contributed by atoms with van der Waals surface area (Å²) in [5, 5.41) is 17.6. The van der Waals surface area contributed by atoms with Gasteiger partial charge in [0.05, 0.1) is 25.1 Å². The molecule has 1 atom stereocenters. The average Bonchev–Trinajstić information content (AvgIpc) is 3.53. The van der Waals surface area contributed by atoms with E-state index in [1.807, 2.05) is 25.3 Å². The van der Waals surface area contributed by atoms with Crippen molar-refractivity contribution in [1.29, 1.82) is 0 Å². The number of nitrogens with zero attached hydrogens (tertiary/aromatic N) is 4. The summed E-state index contributed by atoms with van der Waals surface area (Å²) in [6, 6.07) is 5.65. The van der Waals surface area contributed by atoms with E-state index < -0.39 is 6.23 Å². The quantitative estimate of drug-likeness (QED) is 0.567. The van der Waals surface area contributed by atoms with Crippen molar-refractivity contribution in [2.75, 3.05) is 36.5 Å². The van der Waals surface area contributed by atoms with E-state index in [1.165, 1.54) is 0 Å². The van der Waals surface area contributed by atoms with Crippen LogP contribution in [-0.2, 0) is 11.8 Å². The molecule has 5 rings (SSSR count). The number of nitrogens with one attached hydrogen (secondary N) is 1. The number of morpholine rings is 1. The number of ether oxygens (including phenoxy) is 1. The van der Waals surface area contributed by atoms with Crippen LogP contribution in [0.4, 0.5) is 11.4 Å². The van der Waals surface area contributed by atoms with Crippen LogP contribution in [0.15, 0.2) is 39.9 Å². The lowest BCUT2D eigenvalue weighted by molar-refractivity contribution is 0.122. The van der Waals surface area contributed by atoms with Crippen molar-refractivity contribution in [3.8, 4) is 11.1 Å². The minimum Gasteiger partial charge on any atom is -0.378 e. The predicted molar refractivity (Wildman–Crippen MR) is 120 cm³/mol. The molecule has 1 aliphatic carbocycles. The zero-order valence-electron chi connectivity index (χ0n) is 18.2. The summed E-state index contributed by atoms with van der Waals surface area (Å²) in [5.74, 6) is 1.26. The normalized spacial score (nSPS) is 17.4. The molecule has 1 saturated carbocycles. The van der Waals surface area contributed by atoms with Crippen LogP contribution < -0.4 is 15.8 Å². The van der Waals surface area contributed by atoms with Crippen LogP contribution >= 0.6 is 0 Å². The van der Waals surface area contributed by atoms with Crippen molar-refractivity contribution in [2.24, 2.45) is 7.05 Å². The smallest absolute Gasteiger partial charge is 0.273 e. The molecule has 1 aliphatic heterocycles. The number of anilines is 2. The van der Waals surface area contributed by atoms with Crippen molar-refractivity contribution >= 4 is 11.4 Å². The van der Waals surface area contributed by atoms with Gasteiger partial charge in [0, 0.05) is 55.1 Å². The summed E-state index contributed by atoms with van der Waals surface area (Å²) in [4.78, 5) is 19.3. The SMILES string of the molecule is Cc1ncc(NC(O)c2cc(C3CC3)on2)cc1-c1cc(N2CCOCC2)c(=O)n(C)c1. The third-order valence-electron chi connectivity index (χ3n) is 6.02. The zero-order chi connectivity index (χ0) is 22.2. The highest BCUT2D eigenvalue weighted by molar-refractivity contribution is 5.72. The number of aromatic nitrogens is 3. The third kappa shape index (κ3) is 4.13. The molecule has 2 fully saturated rings. The number of aliphatic hydroxyl groups is 1. The van der Waals surface area contributed by atoms with Crippen molar-refractivity contribution in [3.05, 3.63) is 58.1 Å². The van der Waals surface area contributed by atoms with Gasteiger partial charge in [0.25, 0.3) is 5.56 Å². The molecule has 1 unspecified atom stereocenters. The topological polar surface area (TPSA) is 106 Å². The molecule has 2 N–H and O–H groups in total. The highest BCUT2D eigenvalue weighted by Gasteiger charge is 2.29. The van der Waals surface area contributed by atoms with Gasteiger partial charge >= 0.3 is 0 Å². The molecule has 32 heavy (non-hydrogen) atoms. The Morgan fingerprint density at radius 1 is 1.22 bits per heavy atom. The minimum absolute atomic E-state index is 0.0385. The average molecular weight is 438 g/mol. The number of aryl methyl sites for hydroxylation is 2. The second kappa shape index (κ2) is 8.40. The first kappa shape index (κ1) is 20.7. The molecule has 3 aromatic heterocycles. The van der Waals surface area contributed by atoms with E-state index in [2.05, 4.69) is 20.4 Å². The highest BCUT2D eigenvalue weighted by atomic mass is 16.5. The van der Waals surface area contributed by atoms with E-state index in [9.17, 15) is 9.90 Å². The van der Waals surface area contributed by atoms with Crippen LogP contribution in [-0.4, -0.2) is 46.1 Å². The van der Waals surface area contributed by atoms with Crippen molar-refractivity contribution in [1.82, 2.24) is 14.7 Å². The molecule has 9 heteroatoms. The molecule has 0 radical (unpaired) electrons. The molecule has 9 nitrogen and oxygen atoms in total. The Hall–Kier alpha value is -3.17. The molecular formula is C23H27N5O4. The minimum atomic E-state index is -1.01. The predicted octanol–water partition coefficient (Wildman–Crippen LogP) is 2.56. The Labute approximate surface area is 185 Å². The van der Waals surface area contributed by atoms with Gasteiger partial charge in [-0.15, -0.1) is 0 Å². The molecule has 0 amide bonds. The van der Waals surface area contributed by atoms with Crippen LogP contribution in [0, 0.1) is 6.92 Å². The van der Waals surface area contributed by atoms with Crippen LogP contribution in [0.5, 0.6) is 0 Å². The summed E-state index contributed by atoms with van der Waals surface area (Å²) in [5.41, 5.74) is 4.31. The van der Waals surface area contributed by atoms with Crippen LogP contribution in [0.25, 0.3) is 11.1 Å². The molecular weight excluding hydrogens is 410 g/mol. The van der Waals surface area contributed by atoms with Gasteiger partial charge in [0.15, 0.2) is 6.23 Å². The number of aliphatic hydroxyl groups excluding tert-OH is 1. The maximum absolute atomic E-state index is 12.8. The monoisotopic (exact) mass is 437 g/mol. The Morgan fingerprint density at radius 3 is 2.75 bits per heavy atom. The Morgan fingerprint density at radius 2 is 2.00 bits per heavy atom. The maximum atomic E-state index is 12.8. The zero-order valence-corrected chi connectivity index (χ0v) is 18.2. The van der Waals surface area contributed by atoms with Gasteiger partial charge in [-0.2, -0.15) is 0 Å². The number of hydrogen-bond donors (Lipinski definition) is 2. The Kier molecular flexibility index (Phi) is 5.44. The van der Waals surface area contributed by atoms with Crippen molar-refractivity contribution in [2.45, 2.75) is 31.9 Å². The highest BCUT2D eigenvalue weighted by Crippen LogP contribution is 2.40. The lowest BCUT2D eigenvalue weighted by Crippen LogP contribution is -2.40. The Balaban J connectivity index is 1.43. The molecule has 0 spiro atoms. The van der Waals surface area contributed by atoms with E-state index in [1.54, 1.807) is 23.9 Å².